The van der Waals surface area contributed by atoms with Gasteiger partial charge in [-0.2, -0.15) is 0 Å². The Bertz CT molecular complexity index is 211. The number of esters is 1. The highest BCUT2D eigenvalue weighted by molar-refractivity contribution is 5.68. The summed E-state index contributed by atoms with van der Waals surface area (Å²) >= 11 is 0. The van der Waals surface area contributed by atoms with Gasteiger partial charge in [0, 0.05) is 6.42 Å². The molecule has 0 bridgehead atoms. The number of carbonyl (C=O) groups excluding carboxylic acids is 1. The molecular formula is C18H36O2. The monoisotopic (exact) mass is 284 g/mol. The van der Waals surface area contributed by atoms with Crippen LogP contribution in [0.5, 0.6) is 0 Å². The van der Waals surface area contributed by atoms with Crippen molar-refractivity contribution in [2.45, 2.75) is 97.3 Å². The molecule has 0 aromatic carbocycles. The maximum atomic E-state index is 10.9. The first kappa shape index (κ1) is 19.5. The smallest absolute Gasteiger partial charge is 0.305 e. The second-order valence-corrected chi connectivity index (χ2v) is 6.40. The zero-order chi connectivity index (χ0) is 15.1. The van der Waals surface area contributed by atoms with E-state index in [2.05, 4.69) is 18.6 Å². The van der Waals surface area contributed by atoms with Crippen LogP contribution in [0.2, 0.25) is 0 Å². The maximum absolute atomic E-state index is 10.9. The van der Waals surface area contributed by atoms with Crippen molar-refractivity contribution in [2.24, 2.45) is 5.92 Å². The molecule has 0 amide bonds. The molecule has 0 heterocycles. The van der Waals surface area contributed by atoms with Crippen molar-refractivity contribution in [1.29, 1.82) is 0 Å². The van der Waals surface area contributed by atoms with Crippen molar-refractivity contribution in [3.05, 3.63) is 0 Å². The summed E-state index contributed by atoms with van der Waals surface area (Å²) in [5.74, 6) is 0.802. The van der Waals surface area contributed by atoms with Crippen LogP contribution < -0.4 is 0 Å². The largest absolute Gasteiger partial charge is 0.469 e. The van der Waals surface area contributed by atoms with Crippen LogP contribution in [0, 0.1) is 5.92 Å². The minimum absolute atomic E-state index is 0.0672. The minimum atomic E-state index is -0.0672. The molecule has 0 N–H and O–H groups in total. The van der Waals surface area contributed by atoms with Gasteiger partial charge in [-0.25, -0.2) is 0 Å². The van der Waals surface area contributed by atoms with Gasteiger partial charge < -0.3 is 4.74 Å². The lowest BCUT2D eigenvalue weighted by atomic mass is 10.0. The fourth-order valence-electron chi connectivity index (χ4n) is 2.51. The Balaban J connectivity index is 3.01. The lowest BCUT2D eigenvalue weighted by molar-refractivity contribution is -0.140. The first-order chi connectivity index (χ1) is 9.66. The fourth-order valence-corrected chi connectivity index (χ4v) is 2.51. The summed E-state index contributed by atoms with van der Waals surface area (Å²) in [5.41, 5.74) is 0. The first-order valence-electron chi connectivity index (χ1n) is 8.73. The van der Waals surface area contributed by atoms with Crippen molar-refractivity contribution in [2.75, 3.05) is 7.11 Å². The van der Waals surface area contributed by atoms with Crippen LogP contribution in [0.15, 0.2) is 0 Å². The molecule has 0 aliphatic carbocycles. The molecule has 0 fully saturated rings. The summed E-state index contributed by atoms with van der Waals surface area (Å²) in [6.07, 6.45) is 16.6. The molecule has 0 radical (unpaired) electrons. The third kappa shape index (κ3) is 15.5. The van der Waals surface area contributed by atoms with Gasteiger partial charge in [0.25, 0.3) is 0 Å². The van der Waals surface area contributed by atoms with Gasteiger partial charge in [0.1, 0.15) is 0 Å². The van der Waals surface area contributed by atoms with Crippen molar-refractivity contribution >= 4 is 5.97 Å². The molecule has 0 aliphatic rings. The number of ether oxygens (including phenoxy) is 1. The molecule has 0 saturated carbocycles. The van der Waals surface area contributed by atoms with Gasteiger partial charge in [0.2, 0.25) is 0 Å². The summed E-state index contributed by atoms with van der Waals surface area (Å²) in [4.78, 5) is 10.9. The van der Waals surface area contributed by atoms with Crippen LogP contribution in [-0.4, -0.2) is 13.1 Å². The van der Waals surface area contributed by atoms with Crippen LogP contribution >= 0.6 is 0 Å². The van der Waals surface area contributed by atoms with Crippen LogP contribution in [0.25, 0.3) is 0 Å². The summed E-state index contributed by atoms with van der Waals surface area (Å²) in [7, 11) is 1.46. The van der Waals surface area contributed by atoms with Crippen molar-refractivity contribution in [1.82, 2.24) is 0 Å². The van der Waals surface area contributed by atoms with Crippen LogP contribution in [-0.2, 0) is 9.53 Å². The second kappa shape index (κ2) is 14.9. The summed E-state index contributed by atoms with van der Waals surface area (Å²) < 4.78 is 4.62. The highest BCUT2D eigenvalue weighted by atomic mass is 16.5. The zero-order valence-corrected chi connectivity index (χ0v) is 14.1. The fraction of sp³-hybridized carbons (Fsp3) is 0.944. The highest BCUT2D eigenvalue weighted by Gasteiger charge is 1.99. The quantitative estimate of drug-likeness (QED) is 0.294. The molecule has 0 aromatic rings. The average molecular weight is 284 g/mol. The van der Waals surface area contributed by atoms with E-state index in [0.29, 0.717) is 6.42 Å². The van der Waals surface area contributed by atoms with Crippen LogP contribution in [0.4, 0.5) is 0 Å². The number of unbranched alkanes of at least 4 members (excludes halogenated alkanes) is 10. The van der Waals surface area contributed by atoms with E-state index in [0.717, 1.165) is 12.3 Å². The van der Waals surface area contributed by atoms with E-state index >= 15 is 0 Å². The van der Waals surface area contributed by atoms with Gasteiger partial charge in [-0.3, -0.25) is 4.79 Å². The predicted octanol–water partition coefficient (Wildman–Crippen LogP) is 5.89. The molecule has 0 unspecified atom stereocenters. The third-order valence-electron chi connectivity index (χ3n) is 3.89. The molecule has 0 saturated heterocycles. The van der Waals surface area contributed by atoms with Gasteiger partial charge in [-0.05, 0) is 12.3 Å². The number of hydrogen-bond acceptors (Lipinski definition) is 2. The Morgan fingerprint density at radius 1 is 0.750 bits per heavy atom. The lowest BCUT2D eigenvalue weighted by Gasteiger charge is -2.04. The predicted molar refractivity (Wildman–Crippen MR) is 86.9 cm³/mol. The molecule has 0 spiro atoms. The minimum Gasteiger partial charge on any atom is -0.469 e. The Labute approximate surface area is 126 Å². The van der Waals surface area contributed by atoms with Crippen molar-refractivity contribution in [3.8, 4) is 0 Å². The topological polar surface area (TPSA) is 26.3 Å². The van der Waals surface area contributed by atoms with E-state index in [9.17, 15) is 4.79 Å². The molecule has 2 nitrogen and oxygen atoms in total. The number of hydrogen-bond donors (Lipinski definition) is 0. The summed E-state index contributed by atoms with van der Waals surface area (Å²) in [5, 5.41) is 0. The van der Waals surface area contributed by atoms with Gasteiger partial charge in [-0.15, -0.1) is 0 Å². The van der Waals surface area contributed by atoms with E-state index in [1.165, 1.54) is 77.7 Å². The van der Waals surface area contributed by atoms with E-state index in [-0.39, 0.29) is 5.97 Å². The van der Waals surface area contributed by atoms with Crippen LogP contribution in [0.3, 0.4) is 0 Å². The van der Waals surface area contributed by atoms with E-state index in [1.54, 1.807) is 0 Å². The second-order valence-electron chi connectivity index (χ2n) is 6.40. The molecule has 20 heavy (non-hydrogen) atoms. The van der Waals surface area contributed by atoms with Gasteiger partial charge in [-0.1, -0.05) is 84.5 Å². The van der Waals surface area contributed by atoms with E-state index < -0.39 is 0 Å². The third-order valence-corrected chi connectivity index (χ3v) is 3.89. The maximum Gasteiger partial charge on any atom is 0.305 e. The summed E-state index contributed by atoms with van der Waals surface area (Å²) in [6.45, 7) is 4.62. The highest BCUT2D eigenvalue weighted by Crippen LogP contribution is 2.14. The molecule has 0 aliphatic heterocycles. The molecular weight excluding hydrogens is 248 g/mol. The van der Waals surface area contributed by atoms with E-state index in [1.807, 2.05) is 0 Å². The number of rotatable bonds is 14. The van der Waals surface area contributed by atoms with Gasteiger partial charge in [0.15, 0.2) is 0 Å². The molecule has 0 aromatic heterocycles. The summed E-state index contributed by atoms with van der Waals surface area (Å²) in [6, 6.07) is 0. The zero-order valence-electron chi connectivity index (χ0n) is 14.1. The van der Waals surface area contributed by atoms with Gasteiger partial charge >= 0.3 is 5.97 Å². The Morgan fingerprint density at radius 2 is 1.15 bits per heavy atom. The SMILES string of the molecule is COC(=O)CCCCCCCCCCCCCC(C)C. The van der Waals surface area contributed by atoms with Gasteiger partial charge in [0.05, 0.1) is 7.11 Å². The normalized spacial score (nSPS) is 11.0. The van der Waals surface area contributed by atoms with E-state index in [4.69, 9.17) is 0 Å². The number of carbonyl (C=O) groups is 1. The molecule has 2 heteroatoms. The standard InChI is InChI=1S/C18H36O2/c1-17(2)15-13-11-9-7-5-4-6-8-10-12-14-16-18(19)20-3/h17H,4-16H2,1-3H3. The Hall–Kier alpha value is -0.530. The van der Waals surface area contributed by atoms with Crippen molar-refractivity contribution in [3.63, 3.8) is 0 Å². The first-order valence-corrected chi connectivity index (χ1v) is 8.73. The molecule has 0 rings (SSSR count). The average Bonchev–Trinajstić information content (AvgIpc) is 2.43. The van der Waals surface area contributed by atoms with Crippen LogP contribution in [0.1, 0.15) is 97.3 Å². The molecule has 120 valence electrons. The lowest BCUT2D eigenvalue weighted by Crippen LogP contribution is -1.99. The Morgan fingerprint density at radius 3 is 1.55 bits per heavy atom. The Kier molecular flexibility index (Phi) is 14.5. The number of methoxy groups -OCH3 is 1. The molecule has 0 atom stereocenters. The van der Waals surface area contributed by atoms with Crippen molar-refractivity contribution < 1.29 is 9.53 Å².